The van der Waals surface area contributed by atoms with Crippen molar-refractivity contribution in [3.8, 4) is 0 Å². The first kappa shape index (κ1) is 19.1. The summed E-state index contributed by atoms with van der Waals surface area (Å²) in [4.78, 5) is 16.1. The van der Waals surface area contributed by atoms with Crippen LogP contribution >= 0.6 is 11.8 Å². The second kappa shape index (κ2) is 8.76. The second-order valence-corrected chi connectivity index (χ2v) is 7.01. The molecule has 1 saturated heterocycles. The summed E-state index contributed by atoms with van der Waals surface area (Å²) in [7, 11) is 0. The van der Waals surface area contributed by atoms with Gasteiger partial charge in [-0.1, -0.05) is 19.1 Å². The van der Waals surface area contributed by atoms with Crippen LogP contribution in [0.5, 0.6) is 0 Å². The Bertz CT molecular complexity index is 526. The summed E-state index contributed by atoms with van der Waals surface area (Å²) in [5.74, 6) is 1.72. The van der Waals surface area contributed by atoms with Gasteiger partial charge in [-0.05, 0) is 29.9 Å². The summed E-state index contributed by atoms with van der Waals surface area (Å²) < 4.78 is 37.7. The molecule has 1 fully saturated rings. The summed E-state index contributed by atoms with van der Waals surface area (Å²) in [6.07, 6.45) is -3.22. The van der Waals surface area contributed by atoms with Crippen LogP contribution in [0.4, 0.5) is 13.2 Å². The van der Waals surface area contributed by atoms with E-state index in [2.05, 4.69) is 11.8 Å². The van der Waals surface area contributed by atoms with E-state index in [1.807, 2.05) is 4.90 Å². The van der Waals surface area contributed by atoms with Gasteiger partial charge in [0, 0.05) is 32.7 Å². The van der Waals surface area contributed by atoms with Gasteiger partial charge in [0.15, 0.2) is 0 Å². The van der Waals surface area contributed by atoms with Crippen LogP contribution in [-0.4, -0.2) is 53.4 Å². The number of alkyl halides is 3. The number of hydrogen-bond donors (Lipinski definition) is 0. The van der Waals surface area contributed by atoms with E-state index in [-0.39, 0.29) is 5.91 Å². The van der Waals surface area contributed by atoms with E-state index >= 15 is 0 Å². The Morgan fingerprint density at radius 1 is 1.12 bits per heavy atom. The van der Waals surface area contributed by atoms with Crippen molar-refractivity contribution in [3.05, 3.63) is 35.4 Å². The first-order chi connectivity index (χ1) is 11.4. The standard InChI is InChI=1S/C17H23F3N2OS/c1-2-11-24-13-16(23)22-9-7-21(8-10-22)12-14-3-5-15(6-4-14)17(18,19)20/h3-6H,2,7-13H2,1H3. The molecule has 0 spiro atoms. The molecule has 7 heteroatoms. The minimum atomic E-state index is -4.29. The third kappa shape index (κ3) is 5.70. The highest BCUT2D eigenvalue weighted by molar-refractivity contribution is 7.99. The van der Waals surface area contributed by atoms with Crippen molar-refractivity contribution in [2.45, 2.75) is 26.1 Å². The van der Waals surface area contributed by atoms with Crippen LogP contribution in [0.15, 0.2) is 24.3 Å². The zero-order chi connectivity index (χ0) is 17.6. The van der Waals surface area contributed by atoms with E-state index in [1.165, 1.54) is 12.1 Å². The minimum Gasteiger partial charge on any atom is -0.339 e. The van der Waals surface area contributed by atoms with Gasteiger partial charge in [0.05, 0.1) is 11.3 Å². The van der Waals surface area contributed by atoms with Crippen LogP contribution in [0, 0.1) is 0 Å². The fourth-order valence-corrected chi connectivity index (χ4v) is 3.40. The largest absolute Gasteiger partial charge is 0.416 e. The van der Waals surface area contributed by atoms with Gasteiger partial charge in [0.1, 0.15) is 0 Å². The molecule has 0 aromatic heterocycles. The first-order valence-corrected chi connectivity index (χ1v) is 9.29. The predicted molar refractivity (Wildman–Crippen MR) is 90.9 cm³/mol. The molecule has 3 nitrogen and oxygen atoms in total. The highest BCUT2D eigenvalue weighted by Crippen LogP contribution is 2.29. The number of benzene rings is 1. The van der Waals surface area contributed by atoms with E-state index < -0.39 is 11.7 Å². The van der Waals surface area contributed by atoms with Crippen molar-refractivity contribution >= 4 is 17.7 Å². The topological polar surface area (TPSA) is 23.6 Å². The average Bonchev–Trinajstić information content (AvgIpc) is 2.55. The molecular weight excluding hydrogens is 337 g/mol. The monoisotopic (exact) mass is 360 g/mol. The number of amides is 1. The van der Waals surface area contributed by atoms with Crippen LogP contribution in [0.3, 0.4) is 0 Å². The molecule has 0 radical (unpaired) electrons. The van der Waals surface area contributed by atoms with Gasteiger partial charge >= 0.3 is 6.18 Å². The van der Waals surface area contributed by atoms with Crippen molar-refractivity contribution in [3.63, 3.8) is 0 Å². The zero-order valence-electron chi connectivity index (χ0n) is 13.8. The molecule has 1 amide bonds. The van der Waals surface area contributed by atoms with Crippen molar-refractivity contribution < 1.29 is 18.0 Å². The van der Waals surface area contributed by atoms with Crippen LogP contribution in [0.25, 0.3) is 0 Å². The molecule has 0 saturated carbocycles. The fraction of sp³-hybridized carbons (Fsp3) is 0.588. The lowest BCUT2D eigenvalue weighted by Gasteiger charge is -2.34. The van der Waals surface area contributed by atoms with Crippen molar-refractivity contribution in [1.82, 2.24) is 9.80 Å². The maximum absolute atomic E-state index is 12.6. The number of carbonyl (C=O) groups excluding carboxylic acids is 1. The molecular formula is C17H23F3N2OS. The molecule has 0 aliphatic carbocycles. The van der Waals surface area contributed by atoms with Gasteiger partial charge in [0.25, 0.3) is 0 Å². The zero-order valence-corrected chi connectivity index (χ0v) is 14.6. The van der Waals surface area contributed by atoms with E-state index in [0.29, 0.717) is 25.4 Å². The fourth-order valence-electron chi connectivity index (χ4n) is 2.61. The molecule has 1 aromatic carbocycles. The van der Waals surface area contributed by atoms with Gasteiger partial charge in [-0.2, -0.15) is 24.9 Å². The summed E-state index contributed by atoms with van der Waals surface area (Å²) in [5, 5.41) is 0. The molecule has 0 bridgehead atoms. The second-order valence-electron chi connectivity index (χ2n) is 5.90. The molecule has 134 valence electrons. The lowest BCUT2D eigenvalue weighted by molar-refractivity contribution is -0.137. The van der Waals surface area contributed by atoms with Gasteiger partial charge < -0.3 is 4.90 Å². The molecule has 1 aliphatic rings. The Kier molecular flexibility index (Phi) is 6.98. The Morgan fingerprint density at radius 3 is 2.29 bits per heavy atom. The van der Waals surface area contributed by atoms with E-state index in [4.69, 9.17) is 0 Å². The number of rotatable bonds is 6. The molecule has 1 heterocycles. The van der Waals surface area contributed by atoms with Gasteiger partial charge in [-0.25, -0.2) is 0 Å². The van der Waals surface area contributed by atoms with Gasteiger partial charge in [-0.15, -0.1) is 0 Å². The van der Waals surface area contributed by atoms with Crippen LogP contribution < -0.4 is 0 Å². The van der Waals surface area contributed by atoms with Gasteiger partial charge in [-0.3, -0.25) is 9.69 Å². The van der Waals surface area contributed by atoms with E-state index in [9.17, 15) is 18.0 Å². The summed E-state index contributed by atoms with van der Waals surface area (Å²) in [5.41, 5.74) is 0.243. The Morgan fingerprint density at radius 2 is 1.75 bits per heavy atom. The van der Waals surface area contributed by atoms with Crippen molar-refractivity contribution in [2.24, 2.45) is 0 Å². The Labute approximate surface area is 145 Å². The number of carbonyl (C=O) groups is 1. The molecule has 0 atom stereocenters. The third-order valence-electron chi connectivity index (χ3n) is 3.99. The highest BCUT2D eigenvalue weighted by Gasteiger charge is 2.30. The number of halogens is 3. The first-order valence-electron chi connectivity index (χ1n) is 8.14. The lowest BCUT2D eigenvalue weighted by Crippen LogP contribution is -2.48. The number of thioether (sulfide) groups is 1. The lowest BCUT2D eigenvalue weighted by atomic mass is 10.1. The Hall–Kier alpha value is -1.21. The Balaban J connectivity index is 1.77. The summed E-state index contributed by atoms with van der Waals surface area (Å²) in [6.45, 7) is 5.59. The number of piperazine rings is 1. The smallest absolute Gasteiger partial charge is 0.339 e. The van der Waals surface area contributed by atoms with E-state index in [0.717, 1.165) is 43.0 Å². The molecule has 24 heavy (non-hydrogen) atoms. The normalized spacial score (nSPS) is 16.4. The maximum atomic E-state index is 12.6. The number of hydrogen-bond acceptors (Lipinski definition) is 3. The molecule has 0 N–H and O–H groups in total. The highest BCUT2D eigenvalue weighted by atomic mass is 32.2. The summed E-state index contributed by atoms with van der Waals surface area (Å²) >= 11 is 1.66. The molecule has 1 aliphatic heterocycles. The SMILES string of the molecule is CCCSCC(=O)N1CCN(Cc2ccc(C(F)(F)F)cc2)CC1. The van der Waals surface area contributed by atoms with Crippen molar-refractivity contribution in [2.75, 3.05) is 37.7 Å². The summed E-state index contributed by atoms with van der Waals surface area (Å²) in [6, 6.07) is 5.31. The predicted octanol–water partition coefficient (Wildman–Crippen LogP) is 3.49. The maximum Gasteiger partial charge on any atom is 0.416 e. The molecule has 0 unspecified atom stereocenters. The van der Waals surface area contributed by atoms with E-state index in [1.54, 1.807) is 11.8 Å². The molecule has 2 rings (SSSR count). The van der Waals surface area contributed by atoms with Crippen molar-refractivity contribution in [1.29, 1.82) is 0 Å². The molecule has 1 aromatic rings. The van der Waals surface area contributed by atoms with Crippen LogP contribution in [0.1, 0.15) is 24.5 Å². The minimum absolute atomic E-state index is 0.183. The van der Waals surface area contributed by atoms with Gasteiger partial charge in [0.2, 0.25) is 5.91 Å². The average molecular weight is 360 g/mol. The quantitative estimate of drug-likeness (QED) is 0.726. The number of nitrogens with zero attached hydrogens (tertiary/aromatic N) is 2. The van der Waals surface area contributed by atoms with Crippen LogP contribution in [0.2, 0.25) is 0 Å². The van der Waals surface area contributed by atoms with Crippen LogP contribution in [-0.2, 0) is 17.5 Å². The third-order valence-corrected chi connectivity index (χ3v) is 5.13.